The first-order valence-electron chi connectivity index (χ1n) is 7.00. The minimum Gasteiger partial charge on any atom is -0.383 e. The third-order valence-corrected chi connectivity index (χ3v) is 3.51. The number of carbonyl (C=O) groups excluding carboxylic acids is 1. The summed E-state index contributed by atoms with van der Waals surface area (Å²) < 4.78 is 0. The number of hydrogen-bond donors (Lipinski definition) is 3. The molecule has 1 saturated heterocycles. The van der Waals surface area contributed by atoms with Crippen molar-refractivity contribution in [3.05, 3.63) is 23.8 Å². The van der Waals surface area contributed by atoms with Gasteiger partial charge in [0, 0.05) is 30.9 Å². The van der Waals surface area contributed by atoms with Gasteiger partial charge >= 0.3 is 0 Å². The summed E-state index contributed by atoms with van der Waals surface area (Å²) in [5.74, 6) is -0.0332. The topological polar surface area (TPSA) is 53.2 Å². The Hall–Kier alpha value is -1.55. The predicted octanol–water partition coefficient (Wildman–Crippen LogP) is 2.51. The van der Waals surface area contributed by atoms with Crippen molar-refractivity contribution in [3.63, 3.8) is 0 Å². The van der Waals surface area contributed by atoms with E-state index in [1.54, 1.807) is 0 Å². The van der Waals surface area contributed by atoms with Crippen molar-refractivity contribution in [2.24, 2.45) is 0 Å². The lowest BCUT2D eigenvalue weighted by atomic mass is 10.0. The fourth-order valence-corrected chi connectivity index (χ4v) is 2.40. The van der Waals surface area contributed by atoms with Gasteiger partial charge in [-0.2, -0.15) is 0 Å². The molecule has 0 bridgehead atoms. The van der Waals surface area contributed by atoms with Crippen LogP contribution in [0.5, 0.6) is 0 Å². The summed E-state index contributed by atoms with van der Waals surface area (Å²) >= 11 is 0. The second-order valence-corrected chi connectivity index (χ2v) is 5.24. The number of anilines is 2. The van der Waals surface area contributed by atoms with Gasteiger partial charge in [-0.05, 0) is 44.0 Å². The van der Waals surface area contributed by atoms with E-state index in [4.69, 9.17) is 0 Å². The van der Waals surface area contributed by atoms with Crippen LogP contribution in [-0.4, -0.2) is 25.0 Å². The first-order valence-corrected chi connectivity index (χ1v) is 7.00. The lowest BCUT2D eigenvalue weighted by Gasteiger charge is -2.24. The summed E-state index contributed by atoms with van der Waals surface area (Å²) in [6.45, 7) is 5.59. The van der Waals surface area contributed by atoms with E-state index >= 15 is 0 Å². The quantitative estimate of drug-likeness (QED) is 0.780. The van der Waals surface area contributed by atoms with Crippen LogP contribution in [0.4, 0.5) is 11.4 Å². The number of rotatable bonds is 4. The van der Waals surface area contributed by atoms with Gasteiger partial charge in [-0.1, -0.05) is 12.5 Å². The SMILES string of the molecule is CC(=O)Nc1cc(NCC2CCCCN2)ccc1C. The van der Waals surface area contributed by atoms with Crippen molar-refractivity contribution in [2.45, 2.75) is 39.2 Å². The summed E-state index contributed by atoms with van der Waals surface area (Å²) in [5.41, 5.74) is 3.02. The Bertz CT molecular complexity index is 439. The Labute approximate surface area is 115 Å². The Morgan fingerprint density at radius 2 is 2.26 bits per heavy atom. The maximum absolute atomic E-state index is 11.1. The molecule has 1 aromatic rings. The summed E-state index contributed by atoms with van der Waals surface area (Å²) in [5, 5.41) is 9.81. The van der Waals surface area contributed by atoms with Crippen LogP contribution in [-0.2, 0) is 4.79 Å². The van der Waals surface area contributed by atoms with Gasteiger partial charge in [0.05, 0.1) is 0 Å². The summed E-state index contributed by atoms with van der Waals surface area (Å²) in [6.07, 6.45) is 3.83. The number of carbonyl (C=O) groups is 1. The second-order valence-electron chi connectivity index (χ2n) is 5.24. The highest BCUT2D eigenvalue weighted by atomic mass is 16.1. The molecule has 1 fully saturated rings. The zero-order valence-corrected chi connectivity index (χ0v) is 11.8. The van der Waals surface area contributed by atoms with Crippen LogP contribution in [0.2, 0.25) is 0 Å². The van der Waals surface area contributed by atoms with Crippen LogP contribution >= 0.6 is 0 Å². The van der Waals surface area contributed by atoms with Gasteiger partial charge in [0.2, 0.25) is 5.91 Å². The largest absolute Gasteiger partial charge is 0.383 e. The van der Waals surface area contributed by atoms with Crippen LogP contribution in [0.15, 0.2) is 18.2 Å². The van der Waals surface area contributed by atoms with Gasteiger partial charge in [-0.25, -0.2) is 0 Å². The van der Waals surface area contributed by atoms with Crippen LogP contribution < -0.4 is 16.0 Å². The van der Waals surface area contributed by atoms with E-state index in [9.17, 15) is 4.79 Å². The van der Waals surface area contributed by atoms with Crippen molar-refractivity contribution >= 4 is 17.3 Å². The molecule has 1 aliphatic heterocycles. The molecule has 0 saturated carbocycles. The molecule has 1 unspecified atom stereocenters. The van der Waals surface area contributed by atoms with Gasteiger partial charge < -0.3 is 16.0 Å². The van der Waals surface area contributed by atoms with Gasteiger partial charge in [0.15, 0.2) is 0 Å². The third-order valence-electron chi connectivity index (χ3n) is 3.51. The summed E-state index contributed by atoms with van der Waals surface area (Å²) in [7, 11) is 0. The highest BCUT2D eigenvalue weighted by Crippen LogP contribution is 2.20. The monoisotopic (exact) mass is 261 g/mol. The molecular formula is C15H23N3O. The first-order chi connectivity index (χ1) is 9.15. The number of hydrogen-bond acceptors (Lipinski definition) is 3. The first kappa shape index (κ1) is 13.9. The molecule has 0 aliphatic carbocycles. The van der Waals surface area contributed by atoms with E-state index in [0.717, 1.165) is 30.0 Å². The zero-order chi connectivity index (χ0) is 13.7. The maximum Gasteiger partial charge on any atom is 0.221 e. The lowest BCUT2D eigenvalue weighted by Crippen LogP contribution is -2.39. The van der Waals surface area contributed by atoms with Crippen LogP contribution in [0.3, 0.4) is 0 Å². The van der Waals surface area contributed by atoms with E-state index in [2.05, 4.69) is 22.0 Å². The predicted molar refractivity (Wildman–Crippen MR) is 79.6 cm³/mol. The number of benzene rings is 1. The molecule has 104 valence electrons. The molecule has 0 spiro atoms. The molecule has 4 heteroatoms. The van der Waals surface area contributed by atoms with Crippen LogP contribution in [0.25, 0.3) is 0 Å². The Balaban J connectivity index is 1.94. The van der Waals surface area contributed by atoms with Gasteiger partial charge in [-0.15, -0.1) is 0 Å². The maximum atomic E-state index is 11.1. The van der Waals surface area contributed by atoms with Gasteiger partial charge in [-0.3, -0.25) is 4.79 Å². The Morgan fingerprint density at radius 1 is 1.42 bits per heavy atom. The van der Waals surface area contributed by atoms with Crippen molar-refractivity contribution < 1.29 is 4.79 Å². The van der Waals surface area contributed by atoms with Gasteiger partial charge in [0.1, 0.15) is 0 Å². The molecule has 19 heavy (non-hydrogen) atoms. The Kier molecular flexibility index (Phi) is 4.80. The molecule has 0 aromatic heterocycles. The molecule has 1 heterocycles. The van der Waals surface area contributed by atoms with Crippen molar-refractivity contribution in [1.29, 1.82) is 0 Å². The number of piperidine rings is 1. The standard InChI is InChI=1S/C15H23N3O/c1-11-6-7-13(9-15(11)18-12(2)19)17-10-14-5-3-4-8-16-14/h6-7,9,14,16-17H,3-5,8,10H2,1-2H3,(H,18,19). The van der Waals surface area contributed by atoms with E-state index in [-0.39, 0.29) is 5.91 Å². The molecule has 3 N–H and O–H groups in total. The molecule has 1 aliphatic rings. The van der Waals surface area contributed by atoms with Crippen molar-refractivity contribution in [3.8, 4) is 0 Å². The second kappa shape index (κ2) is 6.57. The average Bonchev–Trinajstić information content (AvgIpc) is 2.40. The number of amides is 1. The zero-order valence-electron chi connectivity index (χ0n) is 11.8. The number of nitrogens with one attached hydrogen (secondary N) is 3. The van der Waals surface area contributed by atoms with E-state index in [1.807, 2.05) is 19.1 Å². The summed E-state index contributed by atoms with van der Waals surface area (Å²) in [6, 6.07) is 6.64. The van der Waals surface area contributed by atoms with E-state index < -0.39 is 0 Å². The lowest BCUT2D eigenvalue weighted by molar-refractivity contribution is -0.114. The number of aryl methyl sites for hydroxylation is 1. The van der Waals surface area contributed by atoms with Crippen LogP contribution in [0, 0.1) is 6.92 Å². The molecule has 1 atom stereocenters. The minimum atomic E-state index is -0.0332. The Morgan fingerprint density at radius 3 is 2.95 bits per heavy atom. The molecule has 0 radical (unpaired) electrons. The normalized spacial score (nSPS) is 18.9. The highest BCUT2D eigenvalue weighted by Gasteiger charge is 2.12. The molecule has 1 aromatic carbocycles. The minimum absolute atomic E-state index is 0.0332. The summed E-state index contributed by atoms with van der Waals surface area (Å²) in [4.78, 5) is 11.1. The van der Waals surface area contributed by atoms with E-state index in [1.165, 1.54) is 26.2 Å². The fraction of sp³-hybridized carbons (Fsp3) is 0.533. The van der Waals surface area contributed by atoms with Crippen molar-refractivity contribution in [2.75, 3.05) is 23.7 Å². The van der Waals surface area contributed by atoms with E-state index in [0.29, 0.717) is 6.04 Å². The third kappa shape index (κ3) is 4.24. The molecule has 1 amide bonds. The average molecular weight is 261 g/mol. The molecular weight excluding hydrogens is 238 g/mol. The van der Waals surface area contributed by atoms with Crippen molar-refractivity contribution in [1.82, 2.24) is 5.32 Å². The highest BCUT2D eigenvalue weighted by molar-refractivity contribution is 5.90. The fourth-order valence-electron chi connectivity index (χ4n) is 2.40. The van der Waals surface area contributed by atoms with Crippen LogP contribution in [0.1, 0.15) is 31.7 Å². The molecule has 2 rings (SSSR count). The van der Waals surface area contributed by atoms with Gasteiger partial charge in [0.25, 0.3) is 0 Å². The molecule has 4 nitrogen and oxygen atoms in total. The smallest absolute Gasteiger partial charge is 0.221 e.